The van der Waals surface area contributed by atoms with Crippen LogP contribution < -0.4 is 0 Å². The lowest BCUT2D eigenvalue weighted by atomic mass is 9.72. The van der Waals surface area contributed by atoms with Crippen LogP contribution in [-0.2, 0) is 11.3 Å². The molecule has 0 atom stereocenters. The molecule has 1 aromatic rings. The molecule has 3 heterocycles. The van der Waals surface area contributed by atoms with E-state index in [9.17, 15) is 0 Å². The van der Waals surface area contributed by atoms with Gasteiger partial charge in [0.2, 0.25) is 11.8 Å². The zero-order chi connectivity index (χ0) is 14.1. The van der Waals surface area contributed by atoms with Crippen LogP contribution in [0.4, 0.5) is 0 Å². The van der Waals surface area contributed by atoms with Crippen molar-refractivity contribution in [3.63, 3.8) is 0 Å². The number of likely N-dealkylation sites (tertiary alicyclic amines) is 1. The van der Waals surface area contributed by atoms with Crippen molar-refractivity contribution in [1.82, 2.24) is 15.1 Å². The lowest BCUT2D eigenvalue weighted by Crippen LogP contribution is -2.42. The standard InChI is InChI=1S/C16H25N3O2/c1-2-13(3-1)15-18-17-14(21-15)12-19-8-4-16(5-9-19)6-10-20-11-7-16/h13H,1-12H2. The van der Waals surface area contributed by atoms with E-state index in [1.165, 1.54) is 44.9 Å². The second-order valence-electron chi connectivity index (χ2n) is 7.05. The predicted octanol–water partition coefficient (Wildman–Crippen LogP) is 2.73. The minimum Gasteiger partial charge on any atom is -0.424 e. The summed E-state index contributed by atoms with van der Waals surface area (Å²) in [7, 11) is 0. The van der Waals surface area contributed by atoms with Gasteiger partial charge in [-0.05, 0) is 57.0 Å². The lowest BCUT2D eigenvalue weighted by molar-refractivity contribution is -0.0229. The van der Waals surface area contributed by atoms with Crippen LogP contribution in [-0.4, -0.2) is 41.4 Å². The molecular weight excluding hydrogens is 266 g/mol. The Morgan fingerprint density at radius 2 is 1.81 bits per heavy atom. The normalized spacial score (nSPS) is 26.9. The van der Waals surface area contributed by atoms with Crippen molar-refractivity contribution in [1.29, 1.82) is 0 Å². The molecule has 1 aromatic heterocycles. The average molecular weight is 291 g/mol. The highest BCUT2D eigenvalue weighted by atomic mass is 16.5. The second-order valence-corrected chi connectivity index (χ2v) is 7.05. The van der Waals surface area contributed by atoms with Gasteiger partial charge in [-0.15, -0.1) is 10.2 Å². The Balaban J connectivity index is 1.31. The van der Waals surface area contributed by atoms with E-state index in [0.717, 1.165) is 44.6 Å². The summed E-state index contributed by atoms with van der Waals surface area (Å²) < 4.78 is 11.4. The third-order valence-electron chi connectivity index (χ3n) is 5.77. The van der Waals surface area contributed by atoms with Crippen molar-refractivity contribution in [2.75, 3.05) is 26.3 Å². The van der Waals surface area contributed by atoms with Crippen LogP contribution in [0.5, 0.6) is 0 Å². The quantitative estimate of drug-likeness (QED) is 0.857. The number of ether oxygens (including phenoxy) is 1. The number of piperidine rings is 1. The van der Waals surface area contributed by atoms with Gasteiger partial charge in [0, 0.05) is 19.1 Å². The summed E-state index contributed by atoms with van der Waals surface area (Å²) in [4.78, 5) is 2.47. The predicted molar refractivity (Wildman–Crippen MR) is 77.9 cm³/mol. The topological polar surface area (TPSA) is 51.4 Å². The summed E-state index contributed by atoms with van der Waals surface area (Å²) in [6, 6.07) is 0. The minimum absolute atomic E-state index is 0.540. The summed E-state index contributed by atoms with van der Waals surface area (Å²) in [6.07, 6.45) is 8.81. The molecule has 0 radical (unpaired) electrons. The SMILES string of the molecule is C1CC(c2nnc(CN3CCC4(CCOCC4)CC3)o2)C1. The van der Waals surface area contributed by atoms with Gasteiger partial charge in [0.15, 0.2) is 0 Å². The monoisotopic (exact) mass is 291 g/mol. The molecule has 2 aliphatic heterocycles. The maximum atomic E-state index is 5.84. The molecule has 4 rings (SSSR count). The number of aromatic nitrogens is 2. The van der Waals surface area contributed by atoms with Crippen LogP contribution in [0.2, 0.25) is 0 Å². The van der Waals surface area contributed by atoms with Gasteiger partial charge in [-0.25, -0.2) is 0 Å². The first-order chi connectivity index (χ1) is 10.3. The molecule has 0 aromatic carbocycles. The molecule has 1 spiro atoms. The fourth-order valence-electron chi connectivity index (χ4n) is 3.83. The zero-order valence-corrected chi connectivity index (χ0v) is 12.7. The van der Waals surface area contributed by atoms with E-state index in [-0.39, 0.29) is 0 Å². The van der Waals surface area contributed by atoms with Crippen molar-refractivity contribution in [3.8, 4) is 0 Å². The van der Waals surface area contributed by atoms with Crippen LogP contribution in [0.1, 0.15) is 62.6 Å². The Morgan fingerprint density at radius 1 is 1.05 bits per heavy atom. The van der Waals surface area contributed by atoms with Crippen LogP contribution >= 0.6 is 0 Å². The molecule has 5 heteroatoms. The molecule has 0 N–H and O–H groups in total. The second kappa shape index (κ2) is 5.69. The number of nitrogens with zero attached hydrogens (tertiary/aromatic N) is 3. The minimum atomic E-state index is 0.540. The van der Waals surface area contributed by atoms with E-state index in [2.05, 4.69) is 15.1 Å². The fraction of sp³-hybridized carbons (Fsp3) is 0.875. The largest absolute Gasteiger partial charge is 0.424 e. The third kappa shape index (κ3) is 2.86. The Morgan fingerprint density at radius 3 is 2.48 bits per heavy atom. The van der Waals surface area contributed by atoms with Crippen LogP contribution in [0, 0.1) is 5.41 Å². The van der Waals surface area contributed by atoms with Gasteiger partial charge in [0.05, 0.1) is 6.54 Å². The van der Waals surface area contributed by atoms with E-state index < -0.39 is 0 Å². The van der Waals surface area contributed by atoms with Gasteiger partial charge in [0.25, 0.3) is 0 Å². The van der Waals surface area contributed by atoms with Gasteiger partial charge >= 0.3 is 0 Å². The van der Waals surface area contributed by atoms with Crippen molar-refractivity contribution >= 4 is 0 Å². The summed E-state index contributed by atoms with van der Waals surface area (Å²) in [6.45, 7) is 5.04. The van der Waals surface area contributed by atoms with Gasteiger partial charge < -0.3 is 9.15 Å². The third-order valence-corrected chi connectivity index (χ3v) is 5.77. The maximum absolute atomic E-state index is 5.84. The Labute approximate surface area is 126 Å². The molecule has 0 unspecified atom stereocenters. The number of hydrogen-bond donors (Lipinski definition) is 0. The van der Waals surface area contributed by atoms with Crippen molar-refractivity contribution in [3.05, 3.63) is 11.8 Å². The highest BCUT2D eigenvalue weighted by Gasteiger charge is 2.36. The van der Waals surface area contributed by atoms with E-state index in [1.54, 1.807) is 0 Å². The van der Waals surface area contributed by atoms with Crippen molar-refractivity contribution in [2.24, 2.45) is 5.41 Å². The highest BCUT2D eigenvalue weighted by Crippen LogP contribution is 2.41. The smallest absolute Gasteiger partial charge is 0.230 e. The number of rotatable bonds is 3. The lowest BCUT2D eigenvalue weighted by Gasteiger charge is -2.43. The van der Waals surface area contributed by atoms with E-state index in [1.807, 2.05) is 0 Å². The molecule has 116 valence electrons. The molecule has 1 saturated carbocycles. The Kier molecular flexibility index (Phi) is 3.71. The fourth-order valence-corrected chi connectivity index (χ4v) is 3.83. The Bertz CT molecular complexity index is 468. The molecule has 2 saturated heterocycles. The zero-order valence-electron chi connectivity index (χ0n) is 12.7. The molecule has 21 heavy (non-hydrogen) atoms. The van der Waals surface area contributed by atoms with Gasteiger partial charge in [-0.1, -0.05) is 6.42 Å². The summed E-state index contributed by atoms with van der Waals surface area (Å²) in [5.41, 5.74) is 0.556. The molecule has 3 fully saturated rings. The van der Waals surface area contributed by atoms with E-state index in [4.69, 9.17) is 9.15 Å². The van der Waals surface area contributed by atoms with Gasteiger partial charge in [-0.2, -0.15) is 0 Å². The van der Waals surface area contributed by atoms with Gasteiger partial charge in [-0.3, -0.25) is 4.90 Å². The molecule has 0 amide bonds. The van der Waals surface area contributed by atoms with Crippen LogP contribution in [0.3, 0.4) is 0 Å². The maximum Gasteiger partial charge on any atom is 0.230 e. The first-order valence-corrected chi connectivity index (χ1v) is 8.45. The van der Waals surface area contributed by atoms with Crippen LogP contribution in [0.25, 0.3) is 0 Å². The van der Waals surface area contributed by atoms with E-state index in [0.29, 0.717) is 11.3 Å². The molecule has 5 nitrogen and oxygen atoms in total. The number of hydrogen-bond acceptors (Lipinski definition) is 5. The van der Waals surface area contributed by atoms with Crippen molar-refractivity contribution < 1.29 is 9.15 Å². The summed E-state index contributed by atoms with van der Waals surface area (Å²) in [5, 5.41) is 8.47. The van der Waals surface area contributed by atoms with E-state index >= 15 is 0 Å². The summed E-state index contributed by atoms with van der Waals surface area (Å²) in [5.74, 6) is 2.21. The van der Waals surface area contributed by atoms with Crippen LogP contribution in [0.15, 0.2) is 4.42 Å². The van der Waals surface area contributed by atoms with Crippen molar-refractivity contribution in [2.45, 2.75) is 57.4 Å². The average Bonchev–Trinajstić information content (AvgIpc) is 2.89. The molecule has 3 aliphatic rings. The highest BCUT2D eigenvalue weighted by molar-refractivity contribution is 4.96. The molecule has 0 bridgehead atoms. The first-order valence-electron chi connectivity index (χ1n) is 8.45. The Hall–Kier alpha value is -0.940. The molecule has 1 aliphatic carbocycles. The molecular formula is C16H25N3O2. The van der Waals surface area contributed by atoms with Gasteiger partial charge in [0.1, 0.15) is 0 Å². The first kappa shape index (κ1) is 13.7. The summed E-state index contributed by atoms with van der Waals surface area (Å²) >= 11 is 0.